The number of carbonyl (C=O) groups excluding carboxylic acids is 1. The first-order valence-corrected chi connectivity index (χ1v) is 7.94. The zero-order valence-corrected chi connectivity index (χ0v) is 12.6. The quantitative estimate of drug-likeness (QED) is 0.908. The molecule has 1 aromatic rings. The molecule has 1 amide bonds. The third kappa shape index (κ3) is 4.07. The van der Waals surface area contributed by atoms with Crippen molar-refractivity contribution in [1.82, 2.24) is 4.90 Å². The number of nitrogens with zero attached hydrogens (tertiary/aromatic N) is 1. The van der Waals surface area contributed by atoms with E-state index in [-0.39, 0.29) is 11.8 Å². The number of likely N-dealkylation sites (tertiary alicyclic amines) is 1. The molecule has 2 heterocycles. The van der Waals surface area contributed by atoms with Crippen molar-refractivity contribution in [3.8, 4) is 0 Å². The molecule has 4 nitrogen and oxygen atoms in total. The summed E-state index contributed by atoms with van der Waals surface area (Å²) in [5, 5.41) is 8.93. The Kier molecular flexibility index (Phi) is 5.17. The van der Waals surface area contributed by atoms with Crippen LogP contribution in [-0.2, 0) is 16.0 Å². The van der Waals surface area contributed by atoms with E-state index in [0.29, 0.717) is 32.4 Å². The minimum Gasteiger partial charge on any atom is -0.481 e. The van der Waals surface area contributed by atoms with Gasteiger partial charge >= 0.3 is 5.97 Å². The van der Waals surface area contributed by atoms with Gasteiger partial charge in [0.2, 0.25) is 5.91 Å². The average molecular weight is 295 g/mol. The number of carboxylic acids is 1. The maximum absolute atomic E-state index is 12.1. The Morgan fingerprint density at radius 2 is 2.05 bits per heavy atom. The minimum atomic E-state index is -0.731. The van der Waals surface area contributed by atoms with Crippen LogP contribution in [-0.4, -0.2) is 35.0 Å². The first-order valence-electron chi connectivity index (χ1n) is 7.12. The van der Waals surface area contributed by atoms with Crippen LogP contribution in [0.25, 0.3) is 0 Å². The molecule has 0 saturated carbocycles. The molecule has 1 aromatic heterocycles. The molecule has 1 N–H and O–H groups in total. The van der Waals surface area contributed by atoms with Gasteiger partial charge in [-0.2, -0.15) is 0 Å². The molecule has 1 saturated heterocycles. The number of hydrogen-bond donors (Lipinski definition) is 1. The van der Waals surface area contributed by atoms with Crippen molar-refractivity contribution in [3.63, 3.8) is 0 Å². The number of aliphatic carboxylic acids is 1. The fraction of sp³-hybridized carbons (Fsp3) is 0.600. The summed E-state index contributed by atoms with van der Waals surface area (Å²) in [6.07, 6.45) is 3.57. The van der Waals surface area contributed by atoms with E-state index in [1.165, 1.54) is 9.75 Å². The highest BCUT2D eigenvalue weighted by atomic mass is 32.1. The van der Waals surface area contributed by atoms with Crippen LogP contribution in [0.3, 0.4) is 0 Å². The number of carboxylic acid groups (broad SMARTS) is 1. The lowest BCUT2D eigenvalue weighted by Crippen LogP contribution is -2.40. The van der Waals surface area contributed by atoms with E-state index in [4.69, 9.17) is 5.11 Å². The number of thiophene rings is 1. The van der Waals surface area contributed by atoms with Gasteiger partial charge < -0.3 is 10.0 Å². The van der Waals surface area contributed by atoms with Gasteiger partial charge in [0.05, 0.1) is 5.92 Å². The average Bonchev–Trinajstić information content (AvgIpc) is 2.84. The molecular formula is C15H21NO3S. The lowest BCUT2D eigenvalue weighted by molar-refractivity contribution is -0.145. The smallest absolute Gasteiger partial charge is 0.306 e. The van der Waals surface area contributed by atoms with Crippen molar-refractivity contribution in [2.75, 3.05) is 13.1 Å². The lowest BCUT2D eigenvalue weighted by atomic mass is 9.97. The Hall–Kier alpha value is -1.36. The normalized spacial score (nSPS) is 16.4. The summed E-state index contributed by atoms with van der Waals surface area (Å²) in [4.78, 5) is 27.4. The van der Waals surface area contributed by atoms with Crippen molar-refractivity contribution in [2.24, 2.45) is 5.92 Å². The van der Waals surface area contributed by atoms with E-state index in [0.717, 1.165) is 12.8 Å². The second-order valence-electron chi connectivity index (χ2n) is 5.36. The SMILES string of the molecule is Cc1ccc(CCCC(=O)N2CCC(C(=O)O)CC2)s1. The molecule has 0 bridgehead atoms. The minimum absolute atomic E-state index is 0.169. The van der Waals surface area contributed by atoms with Gasteiger partial charge in [-0.3, -0.25) is 9.59 Å². The van der Waals surface area contributed by atoms with Gasteiger partial charge in [-0.05, 0) is 44.7 Å². The molecule has 0 atom stereocenters. The molecule has 0 aromatic carbocycles. The Morgan fingerprint density at radius 1 is 1.35 bits per heavy atom. The van der Waals surface area contributed by atoms with Gasteiger partial charge in [0.1, 0.15) is 0 Å². The maximum atomic E-state index is 12.1. The van der Waals surface area contributed by atoms with E-state index in [1.807, 2.05) is 4.90 Å². The topological polar surface area (TPSA) is 57.6 Å². The molecule has 20 heavy (non-hydrogen) atoms. The number of amides is 1. The first-order chi connectivity index (χ1) is 9.56. The van der Waals surface area contributed by atoms with Crippen LogP contribution < -0.4 is 0 Å². The second kappa shape index (κ2) is 6.88. The van der Waals surface area contributed by atoms with Crippen LogP contribution in [0.5, 0.6) is 0 Å². The van der Waals surface area contributed by atoms with Crippen molar-refractivity contribution < 1.29 is 14.7 Å². The van der Waals surface area contributed by atoms with Crippen molar-refractivity contribution in [3.05, 3.63) is 21.9 Å². The van der Waals surface area contributed by atoms with Crippen LogP contribution in [0.15, 0.2) is 12.1 Å². The molecule has 1 aliphatic rings. The standard InChI is InChI=1S/C15H21NO3S/c1-11-5-6-13(20-11)3-2-4-14(17)16-9-7-12(8-10-16)15(18)19/h5-6,12H,2-4,7-10H2,1H3,(H,18,19). The molecular weight excluding hydrogens is 274 g/mol. The molecule has 0 spiro atoms. The Balaban J connectivity index is 1.69. The first kappa shape index (κ1) is 15.0. The highest BCUT2D eigenvalue weighted by Crippen LogP contribution is 2.20. The molecule has 1 aliphatic heterocycles. The van der Waals surface area contributed by atoms with E-state index in [2.05, 4.69) is 19.1 Å². The van der Waals surface area contributed by atoms with Crippen molar-refractivity contribution in [2.45, 2.75) is 39.0 Å². The molecule has 1 fully saturated rings. The van der Waals surface area contributed by atoms with Crippen LogP contribution in [0, 0.1) is 12.8 Å². The summed E-state index contributed by atoms with van der Waals surface area (Å²) in [7, 11) is 0. The maximum Gasteiger partial charge on any atom is 0.306 e. The van der Waals surface area contributed by atoms with Crippen LogP contribution in [0.4, 0.5) is 0 Å². The number of hydrogen-bond acceptors (Lipinski definition) is 3. The van der Waals surface area contributed by atoms with Gasteiger partial charge in [-0.25, -0.2) is 0 Å². The third-order valence-electron chi connectivity index (χ3n) is 3.81. The van der Waals surface area contributed by atoms with Gasteiger partial charge in [-0.15, -0.1) is 11.3 Å². The lowest BCUT2D eigenvalue weighted by Gasteiger charge is -2.30. The predicted molar refractivity (Wildman–Crippen MR) is 78.9 cm³/mol. The summed E-state index contributed by atoms with van der Waals surface area (Å²) in [5.74, 6) is -0.833. The fourth-order valence-electron chi connectivity index (χ4n) is 2.57. The number of aryl methyl sites for hydroxylation is 2. The van der Waals surface area contributed by atoms with Gasteiger partial charge in [-0.1, -0.05) is 0 Å². The monoisotopic (exact) mass is 295 g/mol. The summed E-state index contributed by atoms with van der Waals surface area (Å²) < 4.78 is 0. The van der Waals surface area contributed by atoms with E-state index in [1.54, 1.807) is 11.3 Å². The van der Waals surface area contributed by atoms with E-state index < -0.39 is 5.97 Å². The molecule has 0 radical (unpaired) electrons. The van der Waals surface area contributed by atoms with Gasteiger partial charge in [0, 0.05) is 29.3 Å². The van der Waals surface area contributed by atoms with Gasteiger partial charge in [0.15, 0.2) is 0 Å². The molecule has 0 unspecified atom stereocenters. The fourth-order valence-corrected chi connectivity index (χ4v) is 3.50. The Labute approximate surface area is 123 Å². The summed E-state index contributed by atoms with van der Waals surface area (Å²) in [6, 6.07) is 4.24. The van der Waals surface area contributed by atoms with E-state index in [9.17, 15) is 9.59 Å². The molecule has 0 aliphatic carbocycles. The van der Waals surface area contributed by atoms with E-state index >= 15 is 0 Å². The third-order valence-corrected chi connectivity index (χ3v) is 4.87. The zero-order chi connectivity index (χ0) is 14.5. The van der Waals surface area contributed by atoms with Crippen molar-refractivity contribution in [1.29, 1.82) is 0 Å². The largest absolute Gasteiger partial charge is 0.481 e. The van der Waals surface area contributed by atoms with Crippen LogP contribution >= 0.6 is 11.3 Å². The Bertz CT molecular complexity index is 475. The van der Waals surface area contributed by atoms with Crippen LogP contribution in [0.1, 0.15) is 35.4 Å². The number of piperidine rings is 1. The number of rotatable bonds is 5. The van der Waals surface area contributed by atoms with Gasteiger partial charge in [0.25, 0.3) is 0 Å². The predicted octanol–water partition coefficient (Wildman–Crippen LogP) is 2.70. The second-order valence-corrected chi connectivity index (χ2v) is 6.73. The molecule has 110 valence electrons. The Morgan fingerprint density at radius 3 is 2.60 bits per heavy atom. The number of carbonyl (C=O) groups is 2. The van der Waals surface area contributed by atoms with Crippen LogP contribution in [0.2, 0.25) is 0 Å². The highest BCUT2D eigenvalue weighted by Gasteiger charge is 2.26. The van der Waals surface area contributed by atoms with Crippen molar-refractivity contribution >= 4 is 23.2 Å². The summed E-state index contributed by atoms with van der Waals surface area (Å²) in [5.41, 5.74) is 0. The zero-order valence-electron chi connectivity index (χ0n) is 11.8. The molecule has 5 heteroatoms. The highest BCUT2D eigenvalue weighted by molar-refractivity contribution is 7.11. The summed E-state index contributed by atoms with van der Waals surface area (Å²) in [6.45, 7) is 3.27. The molecule has 2 rings (SSSR count). The summed E-state index contributed by atoms with van der Waals surface area (Å²) >= 11 is 1.79.